The zero-order chi connectivity index (χ0) is 31.8. The average molecular weight is 778 g/mol. The fourth-order valence-electron chi connectivity index (χ4n) is 5.70. The van der Waals surface area contributed by atoms with Crippen LogP contribution in [0.15, 0.2) is 128 Å². The van der Waals surface area contributed by atoms with E-state index in [1.165, 1.54) is 0 Å². The summed E-state index contributed by atoms with van der Waals surface area (Å²) in [6, 6.07) is 44.7. The molecular formula is C40H29N4OPt-. The maximum absolute atomic E-state index is 11.2. The van der Waals surface area contributed by atoms with E-state index in [0.29, 0.717) is 28.2 Å². The summed E-state index contributed by atoms with van der Waals surface area (Å²) in [6.45, 7) is 3.68. The quantitative estimate of drug-likeness (QED) is 0.171. The minimum Gasteiger partial charge on any atom is -0.507 e. The topological polar surface area (TPSA) is 74.7 Å². The molecule has 0 aliphatic rings. The Hall–Kier alpha value is -5.30. The van der Waals surface area contributed by atoms with Crippen LogP contribution in [-0.4, -0.2) is 19.6 Å². The molecule has 6 heteroatoms. The van der Waals surface area contributed by atoms with Crippen molar-refractivity contribution < 1.29 is 27.5 Å². The number of pyridine rings is 1. The van der Waals surface area contributed by atoms with E-state index in [9.17, 15) is 10.4 Å². The number of aromatic hydroxyl groups is 1. The van der Waals surface area contributed by atoms with Gasteiger partial charge >= 0.3 is 0 Å². The number of fused-ring (bicyclic) bond motifs is 1. The molecule has 0 saturated heterocycles. The van der Waals surface area contributed by atoms with E-state index in [1.54, 1.807) is 24.4 Å². The fourth-order valence-corrected chi connectivity index (χ4v) is 5.70. The van der Waals surface area contributed by atoms with E-state index in [0.717, 1.165) is 44.5 Å². The molecule has 0 radical (unpaired) electrons. The number of aromatic nitrogens is 3. The van der Waals surface area contributed by atoms with E-state index in [1.807, 2.05) is 117 Å². The molecule has 0 unspecified atom stereocenters. The molecule has 7 aromatic rings. The summed E-state index contributed by atoms with van der Waals surface area (Å²) in [6.07, 6.45) is 1.66. The van der Waals surface area contributed by atoms with Gasteiger partial charge in [0, 0.05) is 45.6 Å². The second kappa shape index (κ2) is 13.0. The van der Waals surface area contributed by atoms with Crippen LogP contribution < -0.4 is 0 Å². The van der Waals surface area contributed by atoms with Gasteiger partial charge in [-0.1, -0.05) is 91.7 Å². The van der Waals surface area contributed by atoms with Gasteiger partial charge < -0.3 is 5.11 Å². The van der Waals surface area contributed by atoms with E-state index in [-0.39, 0.29) is 26.8 Å². The van der Waals surface area contributed by atoms with Gasteiger partial charge in [0.1, 0.15) is 11.6 Å². The number of nitriles is 1. The van der Waals surface area contributed by atoms with Gasteiger partial charge in [-0.2, -0.15) is 5.26 Å². The summed E-state index contributed by atoms with van der Waals surface area (Å²) in [5, 5.41) is 21.1. The number of benzene rings is 5. The number of para-hydroxylation sites is 2. The van der Waals surface area contributed by atoms with Gasteiger partial charge in [-0.05, 0) is 59.5 Å². The number of nitrogens with zero attached hydrogens (tertiary/aromatic N) is 4. The maximum atomic E-state index is 11.2. The van der Waals surface area contributed by atoms with Crippen LogP contribution in [0.1, 0.15) is 32.2 Å². The Labute approximate surface area is 284 Å². The van der Waals surface area contributed by atoms with Crippen LogP contribution in [0.2, 0.25) is 0 Å². The van der Waals surface area contributed by atoms with Gasteiger partial charge in [0.05, 0.1) is 22.7 Å². The normalized spacial score (nSPS) is 11.5. The summed E-state index contributed by atoms with van der Waals surface area (Å²) in [4.78, 5) is 9.75. The predicted molar refractivity (Wildman–Crippen MR) is 180 cm³/mol. The monoisotopic (exact) mass is 777 g/mol. The Kier molecular flexibility index (Phi) is 8.29. The van der Waals surface area contributed by atoms with Crippen molar-refractivity contribution in [3.8, 4) is 62.4 Å². The first-order valence-electron chi connectivity index (χ1n) is 15.2. The van der Waals surface area contributed by atoms with Gasteiger partial charge in [0.15, 0.2) is 0 Å². The first-order valence-corrected chi connectivity index (χ1v) is 14.7. The molecule has 7 rings (SSSR count). The second-order valence-corrected chi connectivity index (χ2v) is 11.1. The minimum atomic E-state index is -0.924. The van der Waals surface area contributed by atoms with Crippen molar-refractivity contribution in [2.24, 2.45) is 0 Å². The molecule has 5 aromatic carbocycles. The van der Waals surface area contributed by atoms with Crippen molar-refractivity contribution in [2.45, 2.75) is 19.7 Å². The summed E-state index contributed by atoms with van der Waals surface area (Å²) < 4.78 is 10.9. The minimum absolute atomic E-state index is 0. The summed E-state index contributed by atoms with van der Waals surface area (Å²) in [7, 11) is 0. The van der Waals surface area contributed by atoms with E-state index < -0.39 is 5.89 Å². The molecule has 0 fully saturated rings. The van der Waals surface area contributed by atoms with Crippen LogP contribution in [0, 0.1) is 17.4 Å². The molecule has 0 saturated carbocycles. The number of phenols is 1. The SMILES string of the molecule is [2H]C(C)(C)c1cc(-c2ncccc2C#N)[c-]c(-c2cccc3c2nc(-c2cc(-c4ccccc4)ccc2O)n3-c2ccccc2)c1.[Pt]. The van der Waals surface area contributed by atoms with Gasteiger partial charge in [0.25, 0.3) is 0 Å². The van der Waals surface area contributed by atoms with Crippen molar-refractivity contribution in [3.05, 3.63) is 145 Å². The molecule has 0 aliphatic heterocycles. The Morgan fingerprint density at radius 3 is 2.28 bits per heavy atom. The summed E-state index contributed by atoms with van der Waals surface area (Å²) >= 11 is 0. The Bertz CT molecular complexity index is 2270. The van der Waals surface area contributed by atoms with Crippen molar-refractivity contribution in [1.29, 1.82) is 5.26 Å². The summed E-state index contributed by atoms with van der Waals surface area (Å²) in [5.74, 6) is -0.205. The maximum Gasteiger partial charge on any atom is 0.148 e. The molecular weight excluding hydrogens is 748 g/mol. The molecule has 46 heavy (non-hydrogen) atoms. The van der Waals surface area contributed by atoms with E-state index >= 15 is 0 Å². The fraction of sp³-hybridized carbons (Fsp3) is 0.0750. The van der Waals surface area contributed by atoms with Gasteiger partial charge in [-0.15, -0.1) is 29.3 Å². The number of phenolic OH excluding ortho intramolecular Hbond substituents is 1. The Morgan fingerprint density at radius 2 is 1.54 bits per heavy atom. The van der Waals surface area contributed by atoms with Gasteiger partial charge in [-0.3, -0.25) is 9.55 Å². The molecule has 1 N–H and O–H groups in total. The molecule has 226 valence electrons. The third-order valence-electron chi connectivity index (χ3n) is 7.96. The smallest absolute Gasteiger partial charge is 0.148 e. The van der Waals surface area contributed by atoms with Crippen LogP contribution in [-0.2, 0) is 21.1 Å². The summed E-state index contributed by atoms with van der Waals surface area (Å²) in [5.41, 5.74) is 8.98. The molecule has 0 amide bonds. The Balaban J connectivity index is 0.00000386. The van der Waals surface area contributed by atoms with Crippen LogP contribution in [0.5, 0.6) is 5.75 Å². The van der Waals surface area contributed by atoms with Crippen LogP contribution in [0.4, 0.5) is 0 Å². The van der Waals surface area contributed by atoms with Crippen molar-refractivity contribution in [1.82, 2.24) is 14.5 Å². The zero-order valence-electron chi connectivity index (χ0n) is 26.2. The van der Waals surface area contributed by atoms with E-state index in [4.69, 9.17) is 6.35 Å². The largest absolute Gasteiger partial charge is 0.507 e. The third-order valence-corrected chi connectivity index (χ3v) is 7.96. The number of imidazole rings is 1. The second-order valence-electron chi connectivity index (χ2n) is 11.1. The van der Waals surface area contributed by atoms with Crippen LogP contribution in [0.25, 0.3) is 61.6 Å². The third kappa shape index (κ3) is 5.65. The molecule has 0 atom stereocenters. The van der Waals surface area contributed by atoms with E-state index in [2.05, 4.69) is 21.7 Å². The number of hydrogen-bond donors (Lipinski definition) is 1. The first kappa shape index (κ1) is 29.4. The Morgan fingerprint density at radius 1 is 0.804 bits per heavy atom. The standard InChI is InChI=1S/C40H29N4O.Pt/c1-26(2)30-21-31(23-32(22-30)38-29(25-41)13-10-20-42-38)34-16-9-17-36-39(34)43-40(44(36)33-14-7-4-8-15-33)35-24-28(18-19-37(35)45)27-11-5-3-6-12-27;/h3-22,24,26,45H,1-2H3;/q-1;/i26D;. The van der Waals surface area contributed by atoms with Gasteiger partial charge in [0.2, 0.25) is 0 Å². The van der Waals surface area contributed by atoms with Crippen molar-refractivity contribution in [2.75, 3.05) is 0 Å². The van der Waals surface area contributed by atoms with Crippen molar-refractivity contribution in [3.63, 3.8) is 0 Å². The average Bonchev–Trinajstić information content (AvgIpc) is 3.48. The molecule has 2 heterocycles. The molecule has 0 spiro atoms. The molecule has 0 aliphatic carbocycles. The number of hydrogen-bond acceptors (Lipinski definition) is 4. The predicted octanol–water partition coefficient (Wildman–Crippen LogP) is 9.59. The molecule has 5 nitrogen and oxygen atoms in total. The van der Waals surface area contributed by atoms with Gasteiger partial charge in [-0.25, -0.2) is 4.98 Å². The van der Waals surface area contributed by atoms with Crippen LogP contribution >= 0.6 is 0 Å². The first-order chi connectivity index (χ1) is 22.3. The van der Waals surface area contributed by atoms with Crippen molar-refractivity contribution >= 4 is 11.0 Å². The molecule has 2 aromatic heterocycles. The zero-order valence-corrected chi connectivity index (χ0v) is 27.4. The molecule has 0 bridgehead atoms. The number of rotatable bonds is 6. The van der Waals surface area contributed by atoms with Crippen LogP contribution in [0.3, 0.4) is 0 Å².